The van der Waals surface area contributed by atoms with Gasteiger partial charge in [0.15, 0.2) is 0 Å². The number of rotatable bonds is 5. The van der Waals surface area contributed by atoms with Crippen molar-refractivity contribution in [1.29, 1.82) is 0 Å². The number of carbonyl (C=O) groups is 2. The number of halogens is 1. The van der Waals surface area contributed by atoms with Crippen LogP contribution < -0.4 is 5.32 Å². The first-order chi connectivity index (χ1) is 9.58. The van der Waals surface area contributed by atoms with E-state index >= 15 is 0 Å². The summed E-state index contributed by atoms with van der Waals surface area (Å²) in [4.78, 5) is 24.5. The van der Waals surface area contributed by atoms with Gasteiger partial charge >= 0.3 is 0 Å². The number of hydrogen-bond acceptors (Lipinski definition) is 3. The molecule has 1 atom stereocenters. The summed E-state index contributed by atoms with van der Waals surface area (Å²) in [7, 11) is 0. The first-order valence-electron chi connectivity index (χ1n) is 6.51. The van der Waals surface area contributed by atoms with Crippen LogP contribution in [0.1, 0.15) is 12.0 Å². The molecule has 0 saturated carbocycles. The van der Waals surface area contributed by atoms with E-state index in [0.29, 0.717) is 19.5 Å². The molecule has 5 nitrogen and oxygen atoms in total. The summed E-state index contributed by atoms with van der Waals surface area (Å²) in [6, 6.07) is 5.94. The fourth-order valence-electron chi connectivity index (χ4n) is 2.27. The lowest BCUT2D eigenvalue weighted by Crippen LogP contribution is -2.38. The molecule has 1 aliphatic heterocycles. The van der Waals surface area contributed by atoms with Crippen molar-refractivity contribution >= 4 is 11.8 Å². The van der Waals surface area contributed by atoms with Crippen LogP contribution in [-0.4, -0.2) is 47.6 Å². The highest BCUT2D eigenvalue weighted by molar-refractivity contribution is 5.82. The van der Waals surface area contributed by atoms with Gasteiger partial charge in [0, 0.05) is 19.5 Å². The van der Waals surface area contributed by atoms with Crippen molar-refractivity contribution in [3.63, 3.8) is 0 Å². The third kappa shape index (κ3) is 3.77. The van der Waals surface area contributed by atoms with Crippen LogP contribution in [-0.2, 0) is 16.0 Å². The van der Waals surface area contributed by atoms with E-state index in [9.17, 15) is 14.0 Å². The van der Waals surface area contributed by atoms with Gasteiger partial charge in [0.25, 0.3) is 0 Å². The SMILES string of the molecule is O=C(CO)N[C@@H]1CC(=O)N(CCc2ccc(F)cc2)C1. The molecule has 2 N–H and O–H groups in total. The average molecular weight is 280 g/mol. The minimum absolute atomic E-state index is 0.0182. The summed E-state index contributed by atoms with van der Waals surface area (Å²) >= 11 is 0. The summed E-state index contributed by atoms with van der Waals surface area (Å²) in [6.45, 7) is 0.419. The Balaban J connectivity index is 1.83. The minimum atomic E-state index is -0.569. The second-order valence-corrected chi connectivity index (χ2v) is 4.84. The quantitative estimate of drug-likeness (QED) is 0.802. The lowest BCUT2D eigenvalue weighted by atomic mass is 10.1. The van der Waals surface area contributed by atoms with Crippen LogP contribution in [0.3, 0.4) is 0 Å². The molecule has 0 spiro atoms. The number of likely N-dealkylation sites (tertiary alicyclic amines) is 1. The van der Waals surface area contributed by atoms with Gasteiger partial charge in [-0.1, -0.05) is 12.1 Å². The molecular weight excluding hydrogens is 263 g/mol. The molecule has 6 heteroatoms. The van der Waals surface area contributed by atoms with E-state index in [1.165, 1.54) is 12.1 Å². The van der Waals surface area contributed by atoms with E-state index in [0.717, 1.165) is 5.56 Å². The lowest BCUT2D eigenvalue weighted by Gasteiger charge is -2.17. The Morgan fingerprint density at radius 1 is 1.40 bits per heavy atom. The Kier molecular flexibility index (Phi) is 4.68. The molecule has 0 radical (unpaired) electrons. The molecule has 0 unspecified atom stereocenters. The molecule has 0 aromatic heterocycles. The fraction of sp³-hybridized carbons (Fsp3) is 0.429. The molecule has 20 heavy (non-hydrogen) atoms. The van der Waals surface area contributed by atoms with Crippen molar-refractivity contribution in [1.82, 2.24) is 10.2 Å². The lowest BCUT2D eigenvalue weighted by molar-refractivity contribution is -0.127. The van der Waals surface area contributed by atoms with Crippen LogP contribution in [0.15, 0.2) is 24.3 Å². The predicted molar refractivity (Wildman–Crippen MR) is 70.3 cm³/mol. The topological polar surface area (TPSA) is 69.6 Å². The number of carbonyl (C=O) groups excluding carboxylic acids is 2. The van der Waals surface area contributed by atoms with Gasteiger partial charge in [0.2, 0.25) is 11.8 Å². The number of aliphatic hydroxyl groups excluding tert-OH is 1. The molecule has 1 aliphatic rings. The van der Waals surface area contributed by atoms with Crippen LogP contribution in [0.4, 0.5) is 4.39 Å². The molecular formula is C14H17FN2O3. The van der Waals surface area contributed by atoms with Crippen molar-refractivity contribution in [3.8, 4) is 0 Å². The second kappa shape index (κ2) is 6.47. The van der Waals surface area contributed by atoms with E-state index < -0.39 is 12.5 Å². The molecule has 1 heterocycles. The van der Waals surface area contributed by atoms with Gasteiger partial charge in [-0.15, -0.1) is 0 Å². The Hall–Kier alpha value is -1.95. The normalized spacial score (nSPS) is 18.4. The second-order valence-electron chi connectivity index (χ2n) is 4.84. The van der Waals surface area contributed by atoms with Crippen LogP contribution >= 0.6 is 0 Å². The van der Waals surface area contributed by atoms with Crippen molar-refractivity contribution in [2.45, 2.75) is 18.9 Å². The summed E-state index contributed by atoms with van der Waals surface area (Å²) in [5, 5.41) is 11.3. The maximum atomic E-state index is 12.8. The van der Waals surface area contributed by atoms with E-state index in [1.807, 2.05) is 0 Å². The number of nitrogens with one attached hydrogen (secondary N) is 1. The Bertz CT molecular complexity index is 490. The van der Waals surface area contributed by atoms with Gasteiger partial charge in [-0.3, -0.25) is 9.59 Å². The van der Waals surface area contributed by atoms with Crippen molar-refractivity contribution in [2.75, 3.05) is 19.7 Å². The number of amides is 2. The van der Waals surface area contributed by atoms with E-state index in [1.54, 1.807) is 17.0 Å². The zero-order chi connectivity index (χ0) is 14.5. The van der Waals surface area contributed by atoms with E-state index in [4.69, 9.17) is 5.11 Å². The van der Waals surface area contributed by atoms with Crippen LogP contribution in [0, 0.1) is 5.82 Å². The fourth-order valence-corrected chi connectivity index (χ4v) is 2.27. The van der Waals surface area contributed by atoms with Crippen LogP contribution in [0.25, 0.3) is 0 Å². The highest BCUT2D eigenvalue weighted by atomic mass is 19.1. The van der Waals surface area contributed by atoms with Crippen molar-refractivity contribution < 1.29 is 19.1 Å². The molecule has 2 amide bonds. The molecule has 1 aromatic rings. The standard InChI is InChI=1S/C14H17FN2O3/c15-11-3-1-10(2-4-11)5-6-17-8-12(7-14(17)20)16-13(19)9-18/h1-4,12,18H,5-9H2,(H,16,19)/t12-/m1/s1. The molecule has 0 aliphatic carbocycles. The molecule has 108 valence electrons. The molecule has 2 rings (SSSR count). The molecule has 1 aromatic carbocycles. The smallest absolute Gasteiger partial charge is 0.245 e. The summed E-state index contributed by atoms with van der Waals surface area (Å²) in [5.41, 5.74) is 0.960. The van der Waals surface area contributed by atoms with E-state index in [-0.39, 0.29) is 24.2 Å². The Morgan fingerprint density at radius 3 is 2.75 bits per heavy atom. The number of aliphatic hydroxyl groups is 1. The average Bonchev–Trinajstić information content (AvgIpc) is 2.78. The van der Waals surface area contributed by atoms with E-state index in [2.05, 4.69) is 5.32 Å². The number of benzene rings is 1. The van der Waals surface area contributed by atoms with Crippen molar-refractivity contribution in [3.05, 3.63) is 35.6 Å². The first-order valence-corrected chi connectivity index (χ1v) is 6.51. The van der Waals surface area contributed by atoms with Crippen LogP contribution in [0.5, 0.6) is 0 Å². The Labute approximate surface area is 116 Å². The van der Waals surface area contributed by atoms with Gasteiger partial charge in [-0.2, -0.15) is 0 Å². The van der Waals surface area contributed by atoms with Crippen molar-refractivity contribution in [2.24, 2.45) is 0 Å². The molecule has 1 fully saturated rings. The third-order valence-electron chi connectivity index (χ3n) is 3.31. The maximum Gasteiger partial charge on any atom is 0.245 e. The number of nitrogens with zero attached hydrogens (tertiary/aromatic N) is 1. The zero-order valence-electron chi connectivity index (χ0n) is 11.0. The van der Waals surface area contributed by atoms with Gasteiger partial charge in [0.1, 0.15) is 12.4 Å². The maximum absolute atomic E-state index is 12.8. The predicted octanol–water partition coefficient (Wildman–Crippen LogP) is 0.0776. The monoisotopic (exact) mass is 280 g/mol. The Morgan fingerprint density at radius 2 is 2.10 bits per heavy atom. The minimum Gasteiger partial charge on any atom is -0.387 e. The van der Waals surface area contributed by atoms with Gasteiger partial charge in [-0.25, -0.2) is 4.39 Å². The highest BCUT2D eigenvalue weighted by Crippen LogP contribution is 2.12. The zero-order valence-corrected chi connectivity index (χ0v) is 11.0. The first kappa shape index (κ1) is 14.5. The van der Waals surface area contributed by atoms with Crippen LogP contribution in [0.2, 0.25) is 0 Å². The molecule has 0 bridgehead atoms. The number of hydrogen-bond donors (Lipinski definition) is 2. The molecule has 1 saturated heterocycles. The van der Waals surface area contributed by atoms with Gasteiger partial charge in [0.05, 0.1) is 6.04 Å². The van der Waals surface area contributed by atoms with Gasteiger partial charge in [-0.05, 0) is 24.1 Å². The third-order valence-corrected chi connectivity index (χ3v) is 3.31. The summed E-state index contributed by atoms with van der Waals surface area (Å²) in [5.74, 6) is -0.767. The largest absolute Gasteiger partial charge is 0.387 e. The highest BCUT2D eigenvalue weighted by Gasteiger charge is 2.29. The van der Waals surface area contributed by atoms with Gasteiger partial charge < -0.3 is 15.3 Å². The summed E-state index contributed by atoms with van der Waals surface area (Å²) < 4.78 is 12.8. The summed E-state index contributed by atoms with van der Waals surface area (Å²) in [6.07, 6.45) is 0.905.